The van der Waals surface area contributed by atoms with E-state index in [0.717, 1.165) is 6.26 Å². The van der Waals surface area contributed by atoms with Gasteiger partial charge in [0.1, 0.15) is 11.3 Å². The zero-order chi connectivity index (χ0) is 19.3. The Balaban J connectivity index is 2.79. The molecule has 0 fully saturated rings. The SMILES string of the molecule is COc1ccccc1CC(CNC(=O)C(C)(C)NS(C)(=O)=O)C(=O)O. The van der Waals surface area contributed by atoms with Gasteiger partial charge in [-0.05, 0) is 31.9 Å². The molecule has 0 saturated carbocycles. The van der Waals surface area contributed by atoms with Crippen LogP contribution in [0.4, 0.5) is 0 Å². The molecule has 1 atom stereocenters. The molecule has 25 heavy (non-hydrogen) atoms. The Kier molecular flexibility index (Phi) is 6.95. The van der Waals surface area contributed by atoms with Crippen molar-refractivity contribution in [3.05, 3.63) is 29.8 Å². The average molecular weight is 372 g/mol. The number of sulfonamides is 1. The van der Waals surface area contributed by atoms with Gasteiger partial charge in [0, 0.05) is 6.54 Å². The number of rotatable bonds is 9. The highest BCUT2D eigenvalue weighted by molar-refractivity contribution is 7.88. The van der Waals surface area contributed by atoms with E-state index in [1.54, 1.807) is 24.3 Å². The number of carboxylic acid groups (broad SMARTS) is 1. The fourth-order valence-corrected chi connectivity index (χ4v) is 3.35. The standard InChI is InChI=1S/C16H24N2O6S/c1-16(2,18-25(4,22)23)15(21)17-10-12(14(19)20)9-11-7-5-6-8-13(11)24-3/h5-8,12,18H,9-10H2,1-4H3,(H,17,21)(H,19,20). The molecular weight excluding hydrogens is 348 g/mol. The molecule has 8 nitrogen and oxygen atoms in total. The van der Waals surface area contributed by atoms with E-state index in [-0.39, 0.29) is 13.0 Å². The van der Waals surface area contributed by atoms with Crippen molar-refractivity contribution in [2.45, 2.75) is 25.8 Å². The first-order valence-electron chi connectivity index (χ1n) is 7.58. The van der Waals surface area contributed by atoms with Gasteiger partial charge < -0.3 is 15.2 Å². The van der Waals surface area contributed by atoms with Gasteiger partial charge in [-0.1, -0.05) is 18.2 Å². The fourth-order valence-electron chi connectivity index (χ4n) is 2.33. The first-order valence-corrected chi connectivity index (χ1v) is 9.47. The van der Waals surface area contributed by atoms with Crippen LogP contribution in [0.3, 0.4) is 0 Å². The molecule has 0 aliphatic carbocycles. The number of para-hydroxylation sites is 1. The van der Waals surface area contributed by atoms with Crippen molar-refractivity contribution in [3.8, 4) is 5.75 Å². The van der Waals surface area contributed by atoms with Crippen LogP contribution in [0, 0.1) is 5.92 Å². The van der Waals surface area contributed by atoms with Crippen LogP contribution < -0.4 is 14.8 Å². The van der Waals surface area contributed by atoms with Gasteiger partial charge in [-0.25, -0.2) is 13.1 Å². The minimum absolute atomic E-state index is 0.138. The maximum absolute atomic E-state index is 12.2. The lowest BCUT2D eigenvalue weighted by atomic mass is 9.98. The van der Waals surface area contributed by atoms with Crippen LogP contribution in [0.25, 0.3) is 0 Å². The van der Waals surface area contributed by atoms with Crippen molar-refractivity contribution in [2.75, 3.05) is 19.9 Å². The number of hydrogen-bond acceptors (Lipinski definition) is 5. The molecule has 0 heterocycles. The Bertz CT molecular complexity index is 730. The molecule has 140 valence electrons. The number of amides is 1. The molecule has 1 amide bonds. The fraction of sp³-hybridized carbons (Fsp3) is 0.500. The summed E-state index contributed by atoms with van der Waals surface area (Å²) in [5, 5.41) is 11.9. The number of aliphatic carboxylic acids is 1. The number of carbonyl (C=O) groups excluding carboxylic acids is 1. The summed E-state index contributed by atoms with van der Waals surface area (Å²) in [5.74, 6) is -1.99. The van der Waals surface area contributed by atoms with Crippen LogP contribution in [-0.4, -0.2) is 50.9 Å². The zero-order valence-electron chi connectivity index (χ0n) is 14.7. The van der Waals surface area contributed by atoms with Crippen molar-refractivity contribution in [2.24, 2.45) is 5.92 Å². The average Bonchev–Trinajstić information content (AvgIpc) is 2.48. The summed E-state index contributed by atoms with van der Waals surface area (Å²) >= 11 is 0. The lowest BCUT2D eigenvalue weighted by Crippen LogP contribution is -2.55. The largest absolute Gasteiger partial charge is 0.496 e. The van der Waals surface area contributed by atoms with Crippen molar-refractivity contribution >= 4 is 21.9 Å². The van der Waals surface area contributed by atoms with E-state index in [1.165, 1.54) is 21.0 Å². The smallest absolute Gasteiger partial charge is 0.308 e. The van der Waals surface area contributed by atoms with E-state index < -0.39 is 33.4 Å². The monoisotopic (exact) mass is 372 g/mol. The number of nitrogens with one attached hydrogen (secondary N) is 2. The highest BCUT2D eigenvalue weighted by Crippen LogP contribution is 2.21. The number of benzene rings is 1. The third-order valence-electron chi connectivity index (χ3n) is 3.53. The van der Waals surface area contributed by atoms with Crippen LogP contribution >= 0.6 is 0 Å². The van der Waals surface area contributed by atoms with Gasteiger partial charge in [-0.3, -0.25) is 9.59 Å². The maximum atomic E-state index is 12.2. The molecule has 9 heteroatoms. The Labute approximate surface area is 147 Å². The number of carbonyl (C=O) groups is 2. The van der Waals surface area contributed by atoms with Gasteiger partial charge in [-0.15, -0.1) is 0 Å². The summed E-state index contributed by atoms with van der Waals surface area (Å²) in [7, 11) is -2.09. The Hall–Kier alpha value is -2.13. The van der Waals surface area contributed by atoms with Gasteiger partial charge in [0.25, 0.3) is 0 Å². The van der Waals surface area contributed by atoms with Gasteiger partial charge in [0.15, 0.2) is 0 Å². The van der Waals surface area contributed by atoms with Crippen LogP contribution in [0.2, 0.25) is 0 Å². The second kappa shape index (κ2) is 8.30. The Morgan fingerprint density at radius 2 is 1.88 bits per heavy atom. The van der Waals surface area contributed by atoms with Crippen molar-refractivity contribution in [1.82, 2.24) is 10.0 Å². The molecule has 3 N–H and O–H groups in total. The second-order valence-electron chi connectivity index (χ2n) is 6.26. The third-order valence-corrected chi connectivity index (χ3v) is 4.41. The molecule has 1 unspecified atom stereocenters. The lowest BCUT2D eigenvalue weighted by Gasteiger charge is -2.25. The van der Waals surface area contributed by atoms with Crippen molar-refractivity contribution < 1.29 is 27.9 Å². The number of carboxylic acids is 1. The van der Waals surface area contributed by atoms with Gasteiger partial charge in [-0.2, -0.15) is 0 Å². The molecule has 1 aromatic rings. The Morgan fingerprint density at radius 1 is 1.28 bits per heavy atom. The summed E-state index contributed by atoms with van der Waals surface area (Å²) in [6.45, 7) is 2.67. The highest BCUT2D eigenvalue weighted by Gasteiger charge is 2.31. The van der Waals surface area contributed by atoms with Crippen LogP contribution in [0.1, 0.15) is 19.4 Å². The third kappa shape index (κ3) is 6.71. The Morgan fingerprint density at radius 3 is 2.40 bits per heavy atom. The second-order valence-corrected chi connectivity index (χ2v) is 8.01. The molecule has 0 aliphatic heterocycles. The summed E-state index contributed by atoms with van der Waals surface area (Å²) in [5.41, 5.74) is -0.679. The van der Waals surface area contributed by atoms with E-state index in [2.05, 4.69) is 10.0 Å². The predicted octanol–water partition coefficient (Wildman–Crippen LogP) is 0.383. The van der Waals surface area contributed by atoms with Crippen LogP contribution in [0.15, 0.2) is 24.3 Å². The first kappa shape index (κ1) is 20.9. The van der Waals surface area contributed by atoms with E-state index >= 15 is 0 Å². The number of hydrogen-bond donors (Lipinski definition) is 3. The van der Waals surface area contributed by atoms with Gasteiger partial charge >= 0.3 is 5.97 Å². The van der Waals surface area contributed by atoms with Crippen molar-refractivity contribution in [3.63, 3.8) is 0 Å². The number of methoxy groups -OCH3 is 1. The molecule has 0 aromatic heterocycles. The minimum atomic E-state index is -3.58. The summed E-state index contributed by atoms with van der Waals surface area (Å²) in [6, 6.07) is 7.03. The molecule has 0 spiro atoms. The zero-order valence-corrected chi connectivity index (χ0v) is 15.5. The predicted molar refractivity (Wildman–Crippen MR) is 92.9 cm³/mol. The number of ether oxygens (including phenoxy) is 1. The maximum Gasteiger partial charge on any atom is 0.308 e. The summed E-state index contributed by atoms with van der Waals surface area (Å²) in [6.07, 6.45) is 1.11. The topological polar surface area (TPSA) is 122 Å². The van der Waals surface area contributed by atoms with E-state index in [0.29, 0.717) is 11.3 Å². The van der Waals surface area contributed by atoms with Crippen LogP contribution in [0.5, 0.6) is 5.75 Å². The summed E-state index contributed by atoms with van der Waals surface area (Å²) in [4.78, 5) is 23.7. The lowest BCUT2D eigenvalue weighted by molar-refractivity contribution is -0.141. The molecule has 0 bridgehead atoms. The van der Waals surface area contributed by atoms with Gasteiger partial charge in [0.2, 0.25) is 15.9 Å². The van der Waals surface area contributed by atoms with Crippen LogP contribution in [-0.2, 0) is 26.0 Å². The molecule has 0 radical (unpaired) electrons. The molecule has 1 aromatic carbocycles. The normalized spacial score (nSPS) is 13.1. The van der Waals surface area contributed by atoms with Crippen molar-refractivity contribution in [1.29, 1.82) is 0 Å². The summed E-state index contributed by atoms with van der Waals surface area (Å²) < 4.78 is 30.0. The molecule has 0 aliphatic rings. The van der Waals surface area contributed by atoms with Gasteiger partial charge in [0.05, 0.1) is 19.3 Å². The highest BCUT2D eigenvalue weighted by atomic mass is 32.2. The van der Waals surface area contributed by atoms with E-state index in [4.69, 9.17) is 4.74 Å². The van der Waals surface area contributed by atoms with E-state index in [9.17, 15) is 23.1 Å². The minimum Gasteiger partial charge on any atom is -0.496 e. The molecular formula is C16H24N2O6S. The molecule has 0 saturated heterocycles. The molecule has 1 rings (SSSR count). The quantitative estimate of drug-likeness (QED) is 0.576. The first-order chi connectivity index (χ1) is 11.5. The van der Waals surface area contributed by atoms with E-state index in [1.807, 2.05) is 0 Å².